The summed E-state index contributed by atoms with van der Waals surface area (Å²) in [5, 5.41) is 5.85. The number of hydrogen-bond acceptors (Lipinski definition) is 4. The molecule has 36 heavy (non-hydrogen) atoms. The molecule has 3 aromatic carbocycles. The molecule has 5 nitrogen and oxygen atoms in total. The van der Waals surface area contributed by atoms with Crippen molar-refractivity contribution in [3.63, 3.8) is 0 Å². The molecule has 0 bridgehead atoms. The van der Waals surface area contributed by atoms with Gasteiger partial charge in [0.15, 0.2) is 0 Å². The van der Waals surface area contributed by atoms with E-state index in [1.54, 1.807) is 6.21 Å². The van der Waals surface area contributed by atoms with E-state index in [9.17, 15) is 4.79 Å². The molecule has 184 valence electrons. The van der Waals surface area contributed by atoms with Gasteiger partial charge >= 0.3 is 0 Å². The van der Waals surface area contributed by atoms with Crippen LogP contribution in [0.25, 0.3) is 10.9 Å². The molecule has 0 amide bonds. The number of hydrogen-bond donors (Lipinski definition) is 0. The van der Waals surface area contributed by atoms with Gasteiger partial charge in [-0.05, 0) is 76.8 Å². The first-order valence-corrected chi connectivity index (χ1v) is 13.9. The Morgan fingerprint density at radius 3 is 2.64 bits per heavy atom. The van der Waals surface area contributed by atoms with E-state index < -0.39 is 0 Å². The van der Waals surface area contributed by atoms with Crippen LogP contribution in [0.5, 0.6) is 5.75 Å². The minimum absolute atomic E-state index is 0.156. The van der Waals surface area contributed by atoms with Gasteiger partial charge in [0.1, 0.15) is 18.2 Å². The summed E-state index contributed by atoms with van der Waals surface area (Å²) in [4.78, 5) is 18.4. The van der Waals surface area contributed by atoms with Crippen LogP contribution in [0.1, 0.15) is 55.0 Å². The summed E-state index contributed by atoms with van der Waals surface area (Å²) in [6, 6.07) is 18.9. The monoisotopic (exact) mass is 627 g/mol. The van der Waals surface area contributed by atoms with Crippen LogP contribution >= 0.6 is 43.5 Å². The third-order valence-electron chi connectivity index (χ3n) is 6.42. The zero-order chi connectivity index (χ0) is 25.1. The fraction of sp³-hybridized carbons (Fsp3) is 0.250. The van der Waals surface area contributed by atoms with Crippen LogP contribution in [0.2, 0.25) is 5.02 Å². The summed E-state index contributed by atoms with van der Waals surface area (Å²) in [6.45, 7) is 0.365. The van der Waals surface area contributed by atoms with E-state index in [2.05, 4.69) is 37.0 Å². The van der Waals surface area contributed by atoms with Crippen molar-refractivity contribution in [2.45, 2.75) is 44.6 Å². The van der Waals surface area contributed by atoms with Gasteiger partial charge in [0.2, 0.25) is 0 Å². The first kappa shape index (κ1) is 25.2. The Hall–Kier alpha value is -2.48. The summed E-state index contributed by atoms with van der Waals surface area (Å²) < 4.78 is 9.07. The Kier molecular flexibility index (Phi) is 7.89. The van der Waals surface area contributed by atoms with Gasteiger partial charge in [-0.1, -0.05) is 65.0 Å². The van der Waals surface area contributed by atoms with E-state index in [-0.39, 0.29) is 11.5 Å². The molecule has 1 saturated carbocycles. The van der Waals surface area contributed by atoms with Crippen LogP contribution in [0.15, 0.2) is 79.5 Å². The van der Waals surface area contributed by atoms with Gasteiger partial charge in [0, 0.05) is 21.0 Å². The second kappa shape index (κ2) is 11.3. The number of rotatable bonds is 6. The smallest absolute Gasteiger partial charge is 0.282 e. The van der Waals surface area contributed by atoms with Crippen molar-refractivity contribution < 1.29 is 4.74 Å². The van der Waals surface area contributed by atoms with Crippen molar-refractivity contribution in [1.29, 1.82) is 0 Å². The first-order valence-electron chi connectivity index (χ1n) is 11.9. The van der Waals surface area contributed by atoms with Crippen molar-refractivity contribution in [3.8, 4) is 5.75 Å². The fourth-order valence-electron chi connectivity index (χ4n) is 4.51. The number of fused-ring (bicyclic) bond motifs is 1. The molecule has 1 fully saturated rings. The summed E-state index contributed by atoms with van der Waals surface area (Å²) in [7, 11) is 0. The van der Waals surface area contributed by atoms with Gasteiger partial charge in [-0.3, -0.25) is 4.79 Å². The normalized spacial score (nSPS) is 14.5. The predicted octanol–water partition coefficient (Wildman–Crippen LogP) is 8.08. The van der Waals surface area contributed by atoms with Crippen LogP contribution < -0.4 is 10.3 Å². The number of aromatic nitrogens is 2. The molecule has 0 radical (unpaired) electrons. The molecule has 1 aliphatic carbocycles. The zero-order valence-electron chi connectivity index (χ0n) is 19.5. The van der Waals surface area contributed by atoms with Crippen LogP contribution in [-0.4, -0.2) is 15.9 Å². The van der Waals surface area contributed by atoms with Gasteiger partial charge in [0.25, 0.3) is 5.56 Å². The second-order valence-electron chi connectivity index (χ2n) is 8.90. The predicted molar refractivity (Wildman–Crippen MR) is 152 cm³/mol. The van der Waals surface area contributed by atoms with Gasteiger partial charge in [0.05, 0.1) is 21.6 Å². The van der Waals surface area contributed by atoms with Crippen molar-refractivity contribution in [2.24, 2.45) is 5.10 Å². The Balaban J connectivity index is 1.44. The minimum Gasteiger partial charge on any atom is -0.488 e. The van der Waals surface area contributed by atoms with E-state index in [0.717, 1.165) is 51.6 Å². The maximum absolute atomic E-state index is 13.5. The summed E-state index contributed by atoms with van der Waals surface area (Å²) in [5.41, 5.74) is 2.31. The summed E-state index contributed by atoms with van der Waals surface area (Å²) in [6.07, 6.45) is 7.25. The average molecular weight is 630 g/mol. The quantitative estimate of drug-likeness (QED) is 0.203. The van der Waals surface area contributed by atoms with Crippen molar-refractivity contribution in [2.75, 3.05) is 0 Å². The highest BCUT2D eigenvalue weighted by atomic mass is 79.9. The molecular weight excluding hydrogens is 606 g/mol. The third-order valence-corrected chi connectivity index (χ3v) is 7.90. The van der Waals surface area contributed by atoms with E-state index in [4.69, 9.17) is 21.3 Å². The Morgan fingerprint density at radius 1 is 1.06 bits per heavy atom. The molecular formula is C28H24Br2ClN3O2. The van der Waals surface area contributed by atoms with Crippen LogP contribution in [0.3, 0.4) is 0 Å². The van der Waals surface area contributed by atoms with Gasteiger partial charge < -0.3 is 4.74 Å². The number of halogens is 3. The zero-order valence-corrected chi connectivity index (χ0v) is 23.4. The lowest BCUT2D eigenvalue weighted by Crippen LogP contribution is -2.25. The Morgan fingerprint density at radius 2 is 1.86 bits per heavy atom. The number of benzene rings is 3. The molecule has 0 unspecified atom stereocenters. The lowest BCUT2D eigenvalue weighted by atomic mass is 9.88. The molecule has 0 atom stereocenters. The van der Waals surface area contributed by atoms with Gasteiger partial charge in [-0.15, -0.1) is 0 Å². The highest BCUT2D eigenvalue weighted by molar-refractivity contribution is 9.10. The standard InChI is InChI=1S/C28H24Br2ClN3O2/c29-21-11-12-25-22(15-21)28(35)34(27(33-25)19-6-2-1-3-7-19)32-16-18-10-13-26(23(30)14-18)36-17-20-8-4-5-9-24(20)31/h4-5,8-16,19H,1-3,6-7,17H2. The van der Waals surface area contributed by atoms with E-state index in [1.807, 2.05) is 60.7 Å². The average Bonchev–Trinajstić information content (AvgIpc) is 2.89. The second-order valence-corrected chi connectivity index (χ2v) is 11.1. The van der Waals surface area contributed by atoms with Crippen molar-refractivity contribution in [3.05, 3.63) is 102 Å². The molecule has 4 aromatic rings. The highest BCUT2D eigenvalue weighted by Crippen LogP contribution is 2.32. The van der Waals surface area contributed by atoms with Crippen LogP contribution in [0, 0.1) is 0 Å². The van der Waals surface area contributed by atoms with E-state index in [1.165, 1.54) is 11.1 Å². The molecule has 8 heteroatoms. The largest absolute Gasteiger partial charge is 0.488 e. The van der Waals surface area contributed by atoms with E-state index in [0.29, 0.717) is 28.3 Å². The van der Waals surface area contributed by atoms with Gasteiger partial charge in [-0.25, -0.2) is 4.98 Å². The van der Waals surface area contributed by atoms with Gasteiger partial charge in [-0.2, -0.15) is 9.78 Å². The number of nitrogens with zero attached hydrogens (tertiary/aromatic N) is 3. The van der Waals surface area contributed by atoms with Crippen LogP contribution in [0.4, 0.5) is 0 Å². The highest BCUT2D eigenvalue weighted by Gasteiger charge is 2.22. The molecule has 1 aromatic heterocycles. The van der Waals surface area contributed by atoms with E-state index >= 15 is 0 Å². The maximum atomic E-state index is 13.5. The van der Waals surface area contributed by atoms with Crippen molar-refractivity contribution in [1.82, 2.24) is 9.66 Å². The molecule has 1 aliphatic rings. The third kappa shape index (κ3) is 5.58. The first-order chi connectivity index (χ1) is 17.5. The molecule has 0 N–H and O–H groups in total. The molecule has 1 heterocycles. The lowest BCUT2D eigenvalue weighted by Gasteiger charge is -2.22. The lowest BCUT2D eigenvalue weighted by molar-refractivity contribution is 0.304. The summed E-state index contributed by atoms with van der Waals surface area (Å²) in [5.74, 6) is 1.66. The molecule has 5 rings (SSSR count). The Bertz CT molecular complexity index is 1500. The number of ether oxygens (including phenoxy) is 1. The van der Waals surface area contributed by atoms with Crippen molar-refractivity contribution >= 4 is 60.6 Å². The Labute approximate surface area is 231 Å². The van der Waals surface area contributed by atoms with Crippen LogP contribution in [-0.2, 0) is 6.61 Å². The summed E-state index contributed by atoms with van der Waals surface area (Å²) >= 11 is 13.3. The topological polar surface area (TPSA) is 56.5 Å². The fourth-order valence-corrected chi connectivity index (χ4v) is 5.57. The maximum Gasteiger partial charge on any atom is 0.282 e. The SMILES string of the molecule is O=c1c2cc(Br)ccc2nc(C2CCCCC2)n1N=Cc1ccc(OCc2ccccc2Cl)c(Br)c1. The molecule has 0 saturated heterocycles. The molecule has 0 aliphatic heterocycles. The molecule has 0 spiro atoms. The minimum atomic E-state index is -0.156.